The molecule has 2 N–H and O–H groups in total. The van der Waals surface area contributed by atoms with E-state index in [9.17, 15) is 18.0 Å². The number of carbonyl (C=O) groups is 1. The molecule has 0 atom stereocenters. The molecule has 0 aliphatic heterocycles. The second-order valence-corrected chi connectivity index (χ2v) is 4.11. The van der Waals surface area contributed by atoms with Crippen molar-refractivity contribution in [3.05, 3.63) is 28.7 Å². The number of rotatable bonds is 4. The van der Waals surface area contributed by atoms with E-state index in [2.05, 4.69) is 21.2 Å². The van der Waals surface area contributed by atoms with Gasteiger partial charge in [-0.1, -0.05) is 22.0 Å². The molecule has 1 aromatic rings. The van der Waals surface area contributed by atoms with Gasteiger partial charge in [0.15, 0.2) is 0 Å². The number of hydrogen-bond acceptors (Lipinski definition) is 2. The van der Waals surface area contributed by atoms with Gasteiger partial charge in [-0.15, -0.1) is 0 Å². The first-order valence-electron chi connectivity index (χ1n) is 4.74. The van der Waals surface area contributed by atoms with Gasteiger partial charge in [-0.05, 0) is 18.2 Å². The van der Waals surface area contributed by atoms with Crippen LogP contribution in [0.4, 0.5) is 18.9 Å². The molecule has 0 aliphatic carbocycles. The molecule has 0 aliphatic rings. The normalized spacial score (nSPS) is 11.1. The molecule has 0 saturated carbocycles. The summed E-state index contributed by atoms with van der Waals surface area (Å²) in [4.78, 5) is 10.5. The van der Waals surface area contributed by atoms with Gasteiger partial charge < -0.3 is 10.6 Å². The SMILES string of the molecule is O=C(NCCNc1cccc(Br)c1)C(F)(F)F. The van der Waals surface area contributed by atoms with Crippen LogP contribution < -0.4 is 10.6 Å². The van der Waals surface area contributed by atoms with Gasteiger partial charge in [-0.2, -0.15) is 13.2 Å². The van der Waals surface area contributed by atoms with Crippen LogP contribution in [0, 0.1) is 0 Å². The fourth-order valence-corrected chi connectivity index (χ4v) is 1.48. The third kappa shape index (κ3) is 5.08. The Morgan fingerprint density at radius 1 is 1.29 bits per heavy atom. The van der Waals surface area contributed by atoms with Crippen molar-refractivity contribution in [2.75, 3.05) is 18.4 Å². The van der Waals surface area contributed by atoms with Gasteiger partial charge in [0, 0.05) is 23.2 Å². The number of nitrogens with one attached hydrogen (secondary N) is 2. The third-order valence-electron chi connectivity index (χ3n) is 1.82. The minimum absolute atomic E-state index is 0.0924. The predicted molar refractivity (Wildman–Crippen MR) is 61.7 cm³/mol. The van der Waals surface area contributed by atoms with E-state index >= 15 is 0 Å². The van der Waals surface area contributed by atoms with Crippen molar-refractivity contribution < 1.29 is 18.0 Å². The molecule has 1 aromatic carbocycles. The minimum atomic E-state index is -4.82. The van der Waals surface area contributed by atoms with Gasteiger partial charge in [-0.25, -0.2) is 0 Å². The second-order valence-electron chi connectivity index (χ2n) is 3.19. The molecule has 7 heteroatoms. The van der Waals surface area contributed by atoms with Crippen molar-refractivity contribution in [2.24, 2.45) is 0 Å². The standard InChI is InChI=1S/C10H10BrF3N2O/c11-7-2-1-3-8(6-7)15-4-5-16-9(17)10(12,13)14/h1-3,6,15H,4-5H2,(H,16,17). The maximum atomic E-state index is 11.8. The molecular weight excluding hydrogens is 301 g/mol. The molecule has 0 fully saturated rings. The van der Waals surface area contributed by atoms with Crippen LogP contribution in [0.25, 0.3) is 0 Å². The fraction of sp³-hybridized carbons (Fsp3) is 0.300. The highest BCUT2D eigenvalue weighted by molar-refractivity contribution is 9.10. The van der Waals surface area contributed by atoms with Crippen molar-refractivity contribution in [3.8, 4) is 0 Å². The van der Waals surface area contributed by atoms with E-state index in [1.807, 2.05) is 6.07 Å². The number of carbonyl (C=O) groups excluding carboxylic acids is 1. The zero-order valence-electron chi connectivity index (χ0n) is 8.64. The minimum Gasteiger partial charge on any atom is -0.383 e. The molecule has 0 saturated heterocycles. The lowest BCUT2D eigenvalue weighted by Gasteiger charge is -2.09. The molecule has 0 unspecified atom stereocenters. The van der Waals surface area contributed by atoms with Gasteiger partial charge in [0.1, 0.15) is 0 Å². The summed E-state index contributed by atoms with van der Waals surface area (Å²) in [7, 11) is 0. The lowest BCUT2D eigenvalue weighted by atomic mass is 10.3. The van der Waals surface area contributed by atoms with Gasteiger partial charge in [0.05, 0.1) is 0 Å². The summed E-state index contributed by atoms with van der Waals surface area (Å²) in [5.41, 5.74) is 0.764. The monoisotopic (exact) mass is 310 g/mol. The molecule has 0 aromatic heterocycles. The third-order valence-corrected chi connectivity index (χ3v) is 2.32. The number of alkyl halides is 3. The quantitative estimate of drug-likeness (QED) is 0.839. The Kier molecular flexibility index (Phi) is 4.80. The summed E-state index contributed by atoms with van der Waals surface area (Å²) in [5.74, 6) is -1.92. The van der Waals surface area contributed by atoms with Crippen molar-refractivity contribution in [1.29, 1.82) is 0 Å². The van der Waals surface area contributed by atoms with Crippen molar-refractivity contribution in [2.45, 2.75) is 6.18 Å². The summed E-state index contributed by atoms with van der Waals surface area (Å²) >= 11 is 3.26. The number of anilines is 1. The van der Waals surface area contributed by atoms with Crippen LogP contribution in [-0.4, -0.2) is 25.2 Å². The Bertz CT molecular complexity index is 395. The molecule has 17 heavy (non-hydrogen) atoms. The summed E-state index contributed by atoms with van der Waals surface area (Å²) in [6.07, 6.45) is -4.82. The van der Waals surface area contributed by atoms with Gasteiger partial charge in [0.25, 0.3) is 0 Å². The zero-order chi connectivity index (χ0) is 12.9. The van der Waals surface area contributed by atoms with Crippen molar-refractivity contribution >= 4 is 27.5 Å². The highest BCUT2D eigenvalue weighted by Crippen LogP contribution is 2.15. The van der Waals surface area contributed by atoms with Gasteiger partial charge >= 0.3 is 12.1 Å². The molecule has 0 spiro atoms. The number of amides is 1. The molecule has 0 heterocycles. The van der Waals surface area contributed by atoms with E-state index in [-0.39, 0.29) is 13.1 Å². The first-order chi connectivity index (χ1) is 7.89. The maximum absolute atomic E-state index is 11.8. The molecule has 0 radical (unpaired) electrons. The van der Waals surface area contributed by atoms with Crippen LogP contribution in [0.15, 0.2) is 28.7 Å². The largest absolute Gasteiger partial charge is 0.471 e. The number of halogens is 4. The topological polar surface area (TPSA) is 41.1 Å². The molecule has 1 rings (SSSR count). The molecule has 3 nitrogen and oxygen atoms in total. The predicted octanol–water partition coefficient (Wildman–Crippen LogP) is 2.54. The van der Waals surface area contributed by atoms with E-state index in [1.165, 1.54) is 0 Å². The Morgan fingerprint density at radius 2 is 2.00 bits per heavy atom. The second kappa shape index (κ2) is 5.90. The van der Waals surface area contributed by atoms with Crippen LogP contribution in [0.1, 0.15) is 0 Å². The zero-order valence-corrected chi connectivity index (χ0v) is 10.2. The van der Waals surface area contributed by atoms with Crippen molar-refractivity contribution in [1.82, 2.24) is 5.32 Å². The number of benzene rings is 1. The molecule has 94 valence electrons. The van der Waals surface area contributed by atoms with Crippen LogP contribution in [0.3, 0.4) is 0 Å². The number of hydrogen-bond donors (Lipinski definition) is 2. The lowest BCUT2D eigenvalue weighted by molar-refractivity contribution is -0.173. The van der Waals surface area contributed by atoms with Crippen molar-refractivity contribution in [3.63, 3.8) is 0 Å². The van der Waals surface area contributed by atoms with E-state index < -0.39 is 12.1 Å². The smallest absolute Gasteiger partial charge is 0.383 e. The Hall–Kier alpha value is -1.24. The Labute approximate surface area is 105 Å². The van der Waals surface area contributed by atoms with E-state index in [0.29, 0.717) is 0 Å². The van der Waals surface area contributed by atoms with Crippen LogP contribution >= 0.6 is 15.9 Å². The summed E-state index contributed by atoms with van der Waals surface area (Å²) in [6.45, 7) is 0.128. The first-order valence-corrected chi connectivity index (χ1v) is 5.53. The Balaban J connectivity index is 2.28. The van der Waals surface area contributed by atoms with Crippen LogP contribution in [-0.2, 0) is 4.79 Å². The molecule has 0 bridgehead atoms. The van der Waals surface area contributed by atoms with Crippen LogP contribution in [0.5, 0.6) is 0 Å². The van der Waals surface area contributed by atoms with E-state index in [1.54, 1.807) is 23.5 Å². The van der Waals surface area contributed by atoms with Gasteiger partial charge in [-0.3, -0.25) is 4.79 Å². The lowest BCUT2D eigenvalue weighted by Crippen LogP contribution is -2.39. The first kappa shape index (κ1) is 13.8. The highest BCUT2D eigenvalue weighted by atomic mass is 79.9. The summed E-state index contributed by atoms with van der Waals surface area (Å²) in [5, 5.41) is 4.65. The average Bonchev–Trinajstić information content (AvgIpc) is 2.23. The fourth-order valence-electron chi connectivity index (χ4n) is 1.08. The van der Waals surface area contributed by atoms with E-state index in [4.69, 9.17) is 0 Å². The maximum Gasteiger partial charge on any atom is 0.471 e. The Morgan fingerprint density at radius 3 is 2.59 bits per heavy atom. The van der Waals surface area contributed by atoms with E-state index in [0.717, 1.165) is 10.2 Å². The highest BCUT2D eigenvalue weighted by Gasteiger charge is 2.38. The van der Waals surface area contributed by atoms with Crippen LogP contribution in [0.2, 0.25) is 0 Å². The summed E-state index contributed by atoms with van der Waals surface area (Å²) in [6, 6.07) is 7.18. The average molecular weight is 311 g/mol. The summed E-state index contributed by atoms with van der Waals surface area (Å²) < 4.78 is 36.3. The molecule has 1 amide bonds. The molecular formula is C10H10BrF3N2O. The van der Waals surface area contributed by atoms with Gasteiger partial charge in [0.2, 0.25) is 0 Å².